The molecule has 2 unspecified atom stereocenters. The fraction of sp³-hybridized carbons (Fsp3) is 0.500. The standard InChI is InChI=1S/C22H25F3N10O/c1-26-20-19-18(16-2-3-17-21(27-16)34(7-5-23)32-30-17)14(25)9-35(19)31-22(29-20)28-15-4-6-33(8-13(15)24)12-10-36-11-12/h2-3,9,12-13,15H,4-8,10-11H2,1H3,(H2,26,28,29,31). The first-order chi connectivity index (χ1) is 17.6. The fourth-order valence-electron chi connectivity index (χ4n) is 4.78. The highest BCUT2D eigenvalue weighted by Gasteiger charge is 2.35. The zero-order chi connectivity index (χ0) is 24.8. The lowest BCUT2D eigenvalue weighted by Gasteiger charge is -2.42. The fourth-order valence-corrected chi connectivity index (χ4v) is 4.78. The molecule has 4 aromatic rings. The van der Waals surface area contributed by atoms with Gasteiger partial charge in [0, 0.05) is 20.1 Å². The number of alkyl halides is 2. The molecule has 0 radical (unpaired) electrons. The second-order valence-corrected chi connectivity index (χ2v) is 8.96. The summed E-state index contributed by atoms with van der Waals surface area (Å²) in [7, 11) is 1.66. The minimum atomic E-state index is -1.10. The van der Waals surface area contributed by atoms with E-state index in [4.69, 9.17) is 4.74 Å². The van der Waals surface area contributed by atoms with Gasteiger partial charge >= 0.3 is 0 Å². The maximum atomic E-state index is 15.2. The van der Waals surface area contributed by atoms with Crippen molar-refractivity contribution >= 4 is 28.4 Å². The van der Waals surface area contributed by atoms with Crippen molar-refractivity contribution in [3.8, 4) is 11.3 Å². The Kier molecular flexibility index (Phi) is 5.84. The number of rotatable bonds is 7. The van der Waals surface area contributed by atoms with E-state index >= 15 is 4.39 Å². The molecule has 6 heterocycles. The maximum Gasteiger partial charge on any atom is 0.243 e. The molecule has 4 aromatic heterocycles. The number of aromatic nitrogens is 7. The van der Waals surface area contributed by atoms with Crippen molar-refractivity contribution in [2.75, 3.05) is 50.7 Å². The third-order valence-corrected chi connectivity index (χ3v) is 6.76. The quantitative estimate of drug-likeness (QED) is 0.392. The summed E-state index contributed by atoms with van der Waals surface area (Å²) in [5.41, 5.74) is 1.68. The molecule has 0 amide bonds. The zero-order valence-corrected chi connectivity index (χ0v) is 19.5. The number of anilines is 2. The van der Waals surface area contributed by atoms with E-state index in [1.54, 1.807) is 19.2 Å². The highest BCUT2D eigenvalue weighted by atomic mass is 19.1. The normalized spacial score (nSPS) is 21.2. The number of halogens is 3. The molecular weight excluding hydrogens is 477 g/mol. The van der Waals surface area contributed by atoms with Crippen LogP contribution in [0.1, 0.15) is 6.42 Å². The molecule has 0 aromatic carbocycles. The van der Waals surface area contributed by atoms with Gasteiger partial charge in [0.25, 0.3) is 0 Å². The first-order valence-corrected chi connectivity index (χ1v) is 11.8. The number of fused-ring (bicyclic) bond motifs is 2. The van der Waals surface area contributed by atoms with Crippen LogP contribution < -0.4 is 10.6 Å². The summed E-state index contributed by atoms with van der Waals surface area (Å²) in [5.74, 6) is -0.0213. The molecule has 2 aliphatic rings. The number of hydrogen-bond donors (Lipinski definition) is 2. The third kappa shape index (κ3) is 3.89. The van der Waals surface area contributed by atoms with E-state index in [9.17, 15) is 8.78 Å². The summed E-state index contributed by atoms with van der Waals surface area (Å²) >= 11 is 0. The second-order valence-electron chi connectivity index (χ2n) is 8.96. The van der Waals surface area contributed by atoms with E-state index in [2.05, 4.69) is 40.9 Å². The van der Waals surface area contributed by atoms with Gasteiger partial charge in [0.1, 0.15) is 23.9 Å². The Labute approximate surface area is 203 Å². The smallest absolute Gasteiger partial charge is 0.243 e. The summed E-state index contributed by atoms with van der Waals surface area (Å²) in [6.07, 6.45) is 0.712. The Morgan fingerprint density at radius 1 is 1.22 bits per heavy atom. The third-order valence-electron chi connectivity index (χ3n) is 6.76. The Bertz CT molecular complexity index is 1400. The number of piperidine rings is 1. The Morgan fingerprint density at radius 3 is 2.81 bits per heavy atom. The topological polar surface area (TPSA) is 110 Å². The number of nitrogens with zero attached hydrogens (tertiary/aromatic N) is 8. The molecule has 0 aliphatic carbocycles. The van der Waals surface area contributed by atoms with Crippen molar-refractivity contribution in [3.05, 3.63) is 24.1 Å². The van der Waals surface area contributed by atoms with Crippen LogP contribution in [-0.4, -0.2) is 97.8 Å². The van der Waals surface area contributed by atoms with Gasteiger partial charge in [-0.05, 0) is 18.6 Å². The van der Waals surface area contributed by atoms with Crippen molar-refractivity contribution in [1.29, 1.82) is 0 Å². The predicted octanol–water partition coefficient (Wildman–Crippen LogP) is 1.91. The van der Waals surface area contributed by atoms with E-state index < -0.39 is 24.7 Å². The zero-order valence-electron chi connectivity index (χ0n) is 19.5. The first-order valence-electron chi connectivity index (χ1n) is 11.8. The van der Waals surface area contributed by atoms with Gasteiger partial charge in [0.2, 0.25) is 5.95 Å². The minimum absolute atomic E-state index is 0.00518. The molecular formula is C22H25F3N10O. The molecule has 14 heteroatoms. The van der Waals surface area contributed by atoms with Crippen LogP contribution in [0.15, 0.2) is 18.3 Å². The van der Waals surface area contributed by atoms with E-state index in [-0.39, 0.29) is 24.1 Å². The molecule has 2 saturated heterocycles. The van der Waals surface area contributed by atoms with Crippen LogP contribution in [0.25, 0.3) is 27.9 Å². The van der Waals surface area contributed by atoms with Crippen molar-refractivity contribution in [2.45, 2.75) is 31.2 Å². The highest BCUT2D eigenvalue weighted by Crippen LogP contribution is 2.33. The number of aryl methyl sites for hydroxylation is 1. The molecule has 190 valence electrons. The van der Waals surface area contributed by atoms with Gasteiger partial charge in [-0.2, -0.15) is 4.98 Å². The van der Waals surface area contributed by atoms with Crippen molar-refractivity contribution in [1.82, 2.24) is 39.5 Å². The molecule has 2 aliphatic heterocycles. The summed E-state index contributed by atoms with van der Waals surface area (Å²) in [6.45, 7) is 1.72. The number of pyridine rings is 1. The molecule has 0 spiro atoms. The molecule has 2 atom stereocenters. The van der Waals surface area contributed by atoms with Crippen LogP contribution >= 0.6 is 0 Å². The lowest BCUT2D eigenvalue weighted by molar-refractivity contribution is -0.0794. The van der Waals surface area contributed by atoms with Crippen LogP contribution in [0.4, 0.5) is 24.9 Å². The monoisotopic (exact) mass is 502 g/mol. The molecule has 2 fully saturated rings. The van der Waals surface area contributed by atoms with Gasteiger partial charge < -0.3 is 15.4 Å². The largest absolute Gasteiger partial charge is 0.378 e. The number of nitrogens with one attached hydrogen (secondary N) is 2. The highest BCUT2D eigenvalue weighted by molar-refractivity contribution is 5.89. The summed E-state index contributed by atoms with van der Waals surface area (Å²) in [5, 5.41) is 18.4. The average molecular weight is 503 g/mol. The van der Waals surface area contributed by atoms with Crippen LogP contribution in [0.2, 0.25) is 0 Å². The van der Waals surface area contributed by atoms with Gasteiger partial charge in [-0.25, -0.2) is 27.4 Å². The van der Waals surface area contributed by atoms with Gasteiger partial charge in [-0.3, -0.25) is 4.90 Å². The van der Waals surface area contributed by atoms with Crippen molar-refractivity contribution < 1.29 is 17.9 Å². The Morgan fingerprint density at radius 2 is 2.08 bits per heavy atom. The Hall–Kier alpha value is -3.52. The number of hydrogen-bond acceptors (Lipinski definition) is 9. The predicted molar refractivity (Wildman–Crippen MR) is 126 cm³/mol. The van der Waals surface area contributed by atoms with E-state index in [0.717, 1.165) is 6.54 Å². The first kappa shape index (κ1) is 22.9. The number of likely N-dealkylation sites (tertiary alicyclic amines) is 1. The van der Waals surface area contributed by atoms with Gasteiger partial charge in [-0.15, -0.1) is 10.2 Å². The van der Waals surface area contributed by atoms with E-state index in [0.29, 0.717) is 54.4 Å². The van der Waals surface area contributed by atoms with Crippen LogP contribution in [-0.2, 0) is 11.3 Å². The number of ether oxygens (including phenoxy) is 1. The maximum absolute atomic E-state index is 15.2. The lowest BCUT2D eigenvalue weighted by atomic mass is 10.0. The SMILES string of the molecule is CNc1nc(NC2CCN(C3COC3)CC2F)nn2cc(F)c(-c3ccc4nnn(CCF)c4n3)c12. The van der Waals surface area contributed by atoms with E-state index in [1.807, 2.05) is 0 Å². The van der Waals surface area contributed by atoms with Gasteiger partial charge in [-0.1, -0.05) is 5.21 Å². The minimum Gasteiger partial charge on any atom is -0.378 e. The summed E-state index contributed by atoms with van der Waals surface area (Å²) in [4.78, 5) is 11.1. The molecule has 0 saturated carbocycles. The molecule has 6 rings (SSSR count). The Balaban J connectivity index is 1.32. The van der Waals surface area contributed by atoms with E-state index in [1.165, 1.54) is 15.4 Å². The van der Waals surface area contributed by atoms with Crippen LogP contribution in [0.5, 0.6) is 0 Å². The lowest BCUT2D eigenvalue weighted by Crippen LogP contribution is -2.57. The van der Waals surface area contributed by atoms with Crippen molar-refractivity contribution in [2.24, 2.45) is 0 Å². The van der Waals surface area contributed by atoms with Gasteiger partial charge in [0.15, 0.2) is 17.3 Å². The van der Waals surface area contributed by atoms with Crippen LogP contribution in [0.3, 0.4) is 0 Å². The molecule has 0 bridgehead atoms. The second kappa shape index (κ2) is 9.17. The summed E-state index contributed by atoms with van der Waals surface area (Å²) < 4.78 is 51.0. The average Bonchev–Trinajstić information content (AvgIpc) is 3.39. The molecule has 2 N–H and O–H groups in total. The summed E-state index contributed by atoms with van der Waals surface area (Å²) in [6, 6.07) is 3.10. The van der Waals surface area contributed by atoms with Gasteiger partial charge in [0.05, 0.1) is 49.3 Å². The molecule has 36 heavy (non-hydrogen) atoms. The van der Waals surface area contributed by atoms with Crippen molar-refractivity contribution in [3.63, 3.8) is 0 Å². The van der Waals surface area contributed by atoms with Crippen LogP contribution in [0, 0.1) is 5.82 Å². The molecule has 11 nitrogen and oxygen atoms in total.